The van der Waals surface area contributed by atoms with Gasteiger partial charge >= 0.3 is 5.97 Å². The van der Waals surface area contributed by atoms with E-state index in [1.807, 2.05) is 45.9 Å². The fraction of sp³-hybridized carbons (Fsp3) is 0.333. The van der Waals surface area contributed by atoms with Crippen molar-refractivity contribution in [3.8, 4) is 5.75 Å². The van der Waals surface area contributed by atoms with E-state index in [2.05, 4.69) is 16.1 Å². The monoisotopic (exact) mass is 329 g/mol. The molecule has 6 heteroatoms. The molecule has 0 aliphatic heterocycles. The van der Waals surface area contributed by atoms with Gasteiger partial charge in [-0.15, -0.1) is 0 Å². The van der Waals surface area contributed by atoms with E-state index in [1.54, 1.807) is 11.8 Å². The van der Waals surface area contributed by atoms with Gasteiger partial charge in [0.1, 0.15) is 5.75 Å². The Bertz CT molecular complexity index is 841. The van der Waals surface area contributed by atoms with E-state index in [0.717, 1.165) is 22.3 Å². The van der Waals surface area contributed by atoms with Crippen molar-refractivity contribution in [2.45, 2.75) is 33.2 Å². The molecule has 0 amide bonds. The maximum absolute atomic E-state index is 10.5. The summed E-state index contributed by atoms with van der Waals surface area (Å²) in [5.41, 5.74) is 2.28. The normalized spacial score (nSPS) is 11.0. The first-order valence-corrected chi connectivity index (χ1v) is 7.63. The smallest absolute Gasteiger partial charge is 0.338 e. The zero-order valence-corrected chi connectivity index (χ0v) is 14.6. The van der Waals surface area contributed by atoms with Gasteiger partial charge in [0, 0.05) is 17.1 Å². The topological polar surface area (TPSA) is 80.1 Å². The molecule has 0 fully saturated rings. The van der Waals surface area contributed by atoms with Crippen LogP contribution in [0.5, 0.6) is 5.75 Å². The van der Waals surface area contributed by atoms with Crippen molar-refractivity contribution >= 4 is 16.9 Å². The molecule has 0 atom stereocenters. The van der Waals surface area contributed by atoms with Crippen LogP contribution in [0.2, 0.25) is 0 Å². The number of fused-ring (bicyclic) bond motifs is 1. The molecule has 2 N–H and O–H groups in total. The molecule has 24 heavy (non-hydrogen) atoms. The van der Waals surface area contributed by atoms with Crippen LogP contribution in [0, 0.1) is 6.92 Å². The molecule has 0 aliphatic carbocycles. The van der Waals surface area contributed by atoms with E-state index < -0.39 is 5.97 Å². The van der Waals surface area contributed by atoms with Crippen LogP contribution < -0.4 is 4.74 Å². The predicted octanol–water partition coefficient (Wildman–Crippen LogP) is 3.82. The van der Waals surface area contributed by atoms with Crippen molar-refractivity contribution < 1.29 is 14.6 Å². The number of H-pyrrole nitrogens is 1. The van der Waals surface area contributed by atoms with E-state index in [9.17, 15) is 4.79 Å². The van der Waals surface area contributed by atoms with Crippen molar-refractivity contribution in [1.29, 1.82) is 0 Å². The lowest BCUT2D eigenvalue weighted by atomic mass is 10.1. The van der Waals surface area contributed by atoms with Gasteiger partial charge in [0.15, 0.2) is 0 Å². The molecule has 1 aromatic carbocycles. The number of carboxylic acid groups (broad SMARTS) is 1. The highest BCUT2D eigenvalue weighted by Gasteiger charge is 2.15. The number of hydrogen-bond donors (Lipinski definition) is 2. The summed E-state index contributed by atoms with van der Waals surface area (Å²) in [7, 11) is 1.70. The molecule has 0 aliphatic rings. The lowest BCUT2D eigenvalue weighted by Gasteiger charge is -2.18. The van der Waals surface area contributed by atoms with Gasteiger partial charge in [-0.1, -0.05) is 12.1 Å². The molecule has 128 valence electrons. The number of nitrogens with zero attached hydrogens (tertiary/aromatic N) is 2. The van der Waals surface area contributed by atoms with E-state index in [-0.39, 0.29) is 11.1 Å². The van der Waals surface area contributed by atoms with E-state index in [1.165, 1.54) is 12.4 Å². The fourth-order valence-electron chi connectivity index (χ4n) is 2.31. The van der Waals surface area contributed by atoms with E-state index >= 15 is 0 Å². The van der Waals surface area contributed by atoms with Gasteiger partial charge in [-0.05, 0) is 39.8 Å². The van der Waals surface area contributed by atoms with Crippen LogP contribution in [-0.4, -0.2) is 33.0 Å². The molecule has 0 saturated heterocycles. The van der Waals surface area contributed by atoms with Crippen LogP contribution in [0.25, 0.3) is 10.9 Å². The Hall–Kier alpha value is -2.76. The first-order chi connectivity index (χ1) is 11.2. The average Bonchev–Trinajstić information content (AvgIpc) is 3.11. The molecular weight excluding hydrogens is 306 g/mol. The molecule has 2 aromatic heterocycles. The first kappa shape index (κ1) is 17.6. The number of aromatic carboxylic acids is 1. The largest absolute Gasteiger partial charge is 0.494 e. The van der Waals surface area contributed by atoms with Crippen LogP contribution in [0.3, 0.4) is 0 Å². The number of carbonyl (C=O) groups is 1. The number of ether oxygens (including phenoxy) is 1. The van der Waals surface area contributed by atoms with Crippen molar-refractivity contribution in [3.63, 3.8) is 0 Å². The summed E-state index contributed by atoms with van der Waals surface area (Å²) in [5.74, 6) is 0.0103. The van der Waals surface area contributed by atoms with Crippen LogP contribution in [-0.2, 0) is 5.54 Å². The summed E-state index contributed by atoms with van der Waals surface area (Å²) in [4.78, 5) is 13.7. The molecular formula is C18H23N3O3. The van der Waals surface area contributed by atoms with E-state index in [0.29, 0.717) is 0 Å². The third kappa shape index (κ3) is 3.76. The summed E-state index contributed by atoms with van der Waals surface area (Å²) in [6.07, 6.45) is 2.88. The summed E-state index contributed by atoms with van der Waals surface area (Å²) in [5, 5.41) is 13.7. The Morgan fingerprint density at radius 1 is 1.29 bits per heavy atom. The second-order valence-electron chi connectivity index (χ2n) is 6.48. The minimum Gasteiger partial charge on any atom is -0.494 e. The molecule has 0 saturated carbocycles. The number of aromatic amines is 1. The molecule has 6 nitrogen and oxygen atoms in total. The Morgan fingerprint density at radius 3 is 2.46 bits per heavy atom. The standard InChI is InChI=1S/C10H11NO.C8H12N2O2/c1-7-10(12-2)8-5-3-4-6-9(8)11-7;1-8(2,3)10-5-6(4-9-10)7(11)12/h3-6,11H,1-2H3;4-5H,1-3H3,(H,11,12). The highest BCUT2D eigenvalue weighted by molar-refractivity contribution is 5.87. The highest BCUT2D eigenvalue weighted by atomic mass is 16.5. The molecule has 3 aromatic rings. The Labute approximate surface area is 141 Å². The molecule has 0 unspecified atom stereocenters. The maximum atomic E-state index is 10.5. The number of hydrogen-bond acceptors (Lipinski definition) is 3. The molecule has 2 heterocycles. The van der Waals surface area contributed by atoms with Crippen LogP contribution in [0.15, 0.2) is 36.7 Å². The SMILES string of the molecule is CC(C)(C)n1cc(C(=O)O)cn1.COc1c(C)[nH]c2ccccc12. The van der Waals surface area contributed by atoms with Gasteiger partial charge in [-0.3, -0.25) is 4.68 Å². The fourth-order valence-corrected chi connectivity index (χ4v) is 2.31. The number of methoxy groups -OCH3 is 1. The van der Waals surface area contributed by atoms with Crippen molar-refractivity contribution in [2.24, 2.45) is 0 Å². The lowest BCUT2D eigenvalue weighted by Crippen LogP contribution is -2.22. The summed E-state index contributed by atoms with van der Waals surface area (Å²) >= 11 is 0. The maximum Gasteiger partial charge on any atom is 0.338 e. The zero-order chi connectivity index (χ0) is 17.9. The predicted molar refractivity (Wildman–Crippen MR) is 93.8 cm³/mol. The van der Waals surface area contributed by atoms with Gasteiger partial charge < -0.3 is 14.8 Å². The summed E-state index contributed by atoms with van der Waals surface area (Å²) in [6, 6.07) is 8.12. The highest BCUT2D eigenvalue weighted by Crippen LogP contribution is 2.28. The minimum atomic E-state index is -0.939. The number of aryl methyl sites for hydroxylation is 1. The van der Waals surface area contributed by atoms with Crippen LogP contribution in [0.1, 0.15) is 36.8 Å². The van der Waals surface area contributed by atoms with Gasteiger partial charge in [-0.25, -0.2) is 4.79 Å². The number of carboxylic acids is 1. The number of aromatic nitrogens is 3. The first-order valence-electron chi connectivity index (χ1n) is 7.63. The molecule has 0 radical (unpaired) electrons. The minimum absolute atomic E-state index is 0.159. The summed E-state index contributed by atoms with van der Waals surface area (Å²) < 4.78 is 6.90. The second kappa shape index (κ2) is 6.78. The Balaban J connectivity index is 0.000000174. The van der Waals surface area contributed by atoms with Gasteiger partial charge in [0.2, 0.25) is 0 Å². The summed E-state index contributed by atoms with van der Waals surface area (Å²) in [6.45, 7) is 7.90. The third-order valence-corrected chi connectivity index (χ3v) is 3.56. The quantitative estimate of drug-likeness (QED) is 0.749. The van der Waals surface area contributed by atoms with Gasteiger partial charge in [0.05, 0.1) is 30.1 Å². The third-order valence-electron chi connectivity index (χ3n) is 3.56. The number of benzene rings is 1. The lowest BCUT2D eigenvalue weighted by molar-refractivity contribution is 0.0696. The Morgan fingerprint density at radius 2 is 1.96 bits per heavy atom. The van der Waals surface area contributed by atoms with Crippen LogP contribution >= 0.6 is 0 Å². The van der Waals surface area contributed by atoms with Gasteiger partial charge in [-0.2, -0.15) is 5.10 Å². The van der Waals surface area contributed by atoms with Crippen molar-refractivity contribution in [3.05, 3.63) is 47.9 Å². The molecule has 3 rings (SSSR count). The number of rotatable bonds is 2. The van der Waals surface area contributed by atoms with Crippen LogP contribution in [0.4, 0.5) is 0 Å². The molecule has 0 bridgehead atoms. The number of para-hydroxylation sites is 1. The average molecular weight is 329 g/mol. The Kier molecular flexibility index (Phi) is 4.97. The van der Waals surface area contributed by atoms with Gasteiger partial charge in [0.25, 0.3) is 0 Å². The van der Waals surface area contributed by atoms with Crippen molar-refractivity contribution in [1.82, 2.24) is 14.8 Å². The second-order valence-corrected chi connectivity index (χ2v) is 6.48. The van der Waals surface area contributed by atoms with E-state index in [4.69, 9.17) is 9.84 Å². The van der Waals surface area contributed by atoms with Crippen molar-refractivity contribution in [2.75, 3.05) is 7.11 Å². The molecule has 0 spiro atoms. The zero-order valence-electron chi connectivity index (χ0n) is 14.6. The number of nitrogens with one attached hydrogen (secondary N) is 1.